The van der Waals surface area contributed by atoms with Crippen molar-refractivity contribution in [1.82, 2.24) is 4.90 Å². The molecule has 0 N–H and O–H groups in total. The summed E-state index contributed by atoms with van der Waals surface area (Å²) in [7, 11) is 0. The summed E-state index contributed by atoms with van der Waals surface area (Å²) in [4.78, 5) is 43.8. The zero-order valence-electron chi connectivity index (χ0n) is 17.9. The van der Waals surface area contributed by atoms with Gasteiger partial charge in [0, 0.05) is 11.6 Å². The highest BCUT2D eigenvalue weighted by molar-refractivity contribution is 6.31. The minimum absolute atomic E-state index is 0.0980. The van der Waals surface area contributed by atoms with Crippen LogP contribution in [0.4, 0.5) is 10.1 Å². The summed E-state index contributed by atoms with van der Waals surface area (Å²) in [5.74, 6) is -3.14. The molecule has 7 heteroatoms. The number of anilines is 1. The van der Waals surface area contributed by atoms with Crippen LogP contribution in [0.5, 0.6) is 0 Å². The van der Waals surface area contributed by atoms with Crippen molar-refractivity contribution >= 4 is 41.0 Å². The maximum absolute atomic E-state index is 13.7. The second-order valence-electron chi connectivity index (χ2n) is 9.56. The Labute approximate surface area is 190 Å². The SMILES string of the molecule is CC(C)(C)C(=O)C1C2C(=O)N(c3ccc(F)c(Cl)c3)C(=O)C2C2c3ccccc3C=CN12. The number of rotatable bonds is 2. The standard InChI is InChI=1S/C25H22ClFN2O3/c1-25(2,3)22(30)21-19-18(20-15-7-5-4-6-13(15)10-11-28(20)21)23(31)29(24(19)32)14-8-9-17(27)16(26)12-14/h4-12,18-21H,1-3H3. The molecule has 2 fully saturated rings. The lowest BCUT2D eigenvalue weighted by Gasteiger charge is -2.37. The van der Waals surface area contributed by atoms with Gasteiger partial charge in [-0.25, -0.2) is 9.29 Å². The van der Waals surface area contributed by atoms with Gasteiger partial charge in [0.05, 0.1) is 28.6 Å². The number of fused-ring (bicyclic) bond motifs is 5. The van der Waals surface area contributed by atoms with E-state index in [1.807, 2.05) is 62.2 Å². The van der Waals surface area contributed by atoms with Crippen molar-refractivity contribution in [2.75, 3.05) is 4.90 Å². The van der Waals surface area contributed by atoms with Crippen molar-refractivity contribution in [2.24, 2.45) is 17.3 Å². The van der Waals surface area contributed by atoms with E-state index in [4.69, 9.17) is 11.6 Å². The highest BCUT2D eigenvalue weighted by atomic mass is 35.5. The molecule has 164 valence electrons. The number of carbonyl (C=O) groups is 3. The molecule has 2 aromatic rings. The third-order valence-electron chi connectivity index (χ3n) is 6.63. The quantitative estimate of drug-likeness (QED) is 0.624. The molecule has 2 saturated heterocycles. The molecule has 0 saturated carbocycles. The Morgan fingerprint density at radius 2 is 1.72 bits per heavy atom. The average Bonchev–Trinajstić information content (AvgIpc) is 3.22. The number of hydrogen-bond acceptors (Lipinski definition) is 4. The lowest BCUT2D eigenvalue weighted by atomic mass is 9.79. The highest BCUT2D eigenvalue weighted by Crippen LogP contribution is 2.54. The van der Waals surface area contributed by atoms with Crippen LogP contribution >= 0.6 is 11.6 Å². The molecular formula is C25H22ClFN2O3. The highest BCUT2D eigenvalue weighted by Gasteiger charge is 2.65. The molecule has 0 radical (unpaired) electrons. The van der Waals surface area contributed by atoms with Gasteiger partial charge in [-0.1, -0.05) is 56.6 Å². The van der Waals surface area contributed by atoms with E-state index >= 15 is 0 Å². The average molecular weight is 453 g/mol. The Morgan fingerprint density at radius 3 is 2.41 bits per heavy atom. The van der Waals surface area contributed by atoms with Crippen LogP contribution in [-0.2, 0) is 14.4 Å². The number of ketones is 1. The molecule has 0 bridgehead atoms. The van der Waals surface area contributed by atoms with Gasteiger partial charge in [-0.15, -0.1) is 0 Å². The van der Waals surface area contributed by atoms with Gasteiger partial charge in [-0.2, -0.15) is 0 Å². The summed E-state index contributed by atoms with van der Waals surface area (Å²) in [5.41, 5.74) is 1.38. The first-order valence-corrected chi connectivity index (χ1v) is 10.9. The molecule has 32 heavy (non-hydrogen) atoms. The molecule has 2 amide bonds. The first kappa shape index (κ1) is 20.9. The first-order valence-electron chi connectivity index (χ1n) is 10.5. The summed E-state index contributed by atoms with van der Waals surface area (Å²) in [5, 5.41) is -0.171. The Hall–Kier alpha value is -2.99. The number of amides is 2. The van der Waals surface area contributed by atoms with Crippen molar-refractivity contribution in [3.8, 4) is 0 Å². The van der Waals surface area contributed by atoms with Crippen LogP contribution in [0.25, 0.3) is 6.08 Å². The largest absolute Gasteiger partial charge is 0.359 e. The summed E-state index contributed by atoms with van der Waals surface area (Å²) in [6.07, 6.45) is 3.75. The Bertz CT molecular complexity index is 1200. The van der Waals surface area contributed by atoms with Gasteiger partial charge < -0.3 is 4.90 Å². The van der Waals surface area contributed by atoms with Crippen molar-refractivity contribution in [3.63, 3.8) is 0 Å². The number of carbonyl (C=O) groups excluding carboxylic acids is 3. The van der Waals surface area contributed by atoms with Crippen LogP contribution in [-0.4, -0.2) is 28.5 Å². The number of imide groups is 1. The zero-order chi connectivity index (χ0) is 22.9. The lowest BCUT2D eigenvalue weighted by Crippen LogP contribution is -2.47. The molecule has 4 unspecified atom stereocenters. The third kappa shape index (κ3) is 2.85. The van der Waals surface area contributed by atoms with Crippen LogP contribution < -0.4 is 4.90 Å². The fourth-order valence-electron chi connectivity index (χ4n) is 5.18. The number of benzene rings is 2. The monoisotopic (exact) mass is 452 g/mol. The van der Waals surface area contributed by atoms with Crippen LogP contribution in [0.15, 0.2) is 48.7 Å². The van der Waals surface area contributed by atoms with Gasteiger partial charge in [-0.3, -0.25) is 14.4 Å². The van der Waals surface area contributed by atoms with Crippen LogP contribution in [0.2, 0.25) is 5.02 Å². The predicted octanol–water partition coefficient (Wildman–Crippen LogP) is 4.61. The molecule has 5 rings (SSSR count). The summed E-state index contributed by atoms with van der Waals surface area (Å²) in [6.45, 7) is 5.45. The predicted molar refractivity (Wildman–Crippen MR) is 119 cm³/mol. The van der Waals surface area contributed by atoms with E-state index in [9.17, 15) is 18.8 Å². The van der Waals surface area contributed by atoms with Gasteiger partial charge in [0.15, 0.2) is 5.78 Å². The molecule has 0 aromatic heterocycles. The summed E-state index contributed by atoms with van der Waals surface area (Å²) < 4.78 is 13.7. The van der Waals surface area contributed by atoms with Gasteiger partial charge in [0.25, 0.3) is 0 Å². The molecular weight excluding hydrogens is 431 g/mol. The van der Waals surface area contributed by atoms with E-state index in [1.165, 1.54) is 12.1 Å². The smallest absolute Gasteiger partial charge is 0.240 e. The van der Waals surface area contributed by atoms with Gasteiger partial charge in [0.1, 0.15) is 11.9 Å². The van der Waals surface area contributed by atoms with E-state index < -0.39 is 47.0 Å². The number of halogens is 2. The molecule has 3 heterocycles. The molecule has 3 aliphatic rings. The second-order valence-corrected chi connectivity index (χ2v) is 9.96. The molecule has 0 aliphatic carbocycles. The van der Waals surface area contributed by atoms with Crippen LogP contribution in [0.1, 0.15) is 37.9 Å². The summed E-state index contributed by atoms with van der Waals surface area (Å²) in [6, 6.07) is 10.3. The summed E-state index contributed by atoms with van der Waals surface area (Å²) >= 11 is 5.93. The number of nitrogens with zero attached hydrogens (tertiary/aromatic N) is 2. The van der Waals surface area contributed by atoms with Crippen molar-refractivity contribution in [3.05, 3.63) is 70.6 Å². The van der Waals surface area contributed by atoms with E-state index in [0.717, 1.165) is 22.1 Å². The molecule has 4 atom stereocenters. The molecule has 5 nitrogen and oxygen atoms in total. The van der Waals surface area contributed by atoms with Crippen molar-refractivity contribution in [2.45, 2.75) is 32.9 Å². The molecule has 0 spiro atoms. The minimum atomic E-state index is -0.834. The minimum Gasteiger partial charge on any atom is -0.359 e. The fourth-order valence-corrected chi connectivity index (χ4v) is 5.35. The molecule has 3 aliphatic heterocycles. The second kappa shape index (κ2) is 7.01. The van der Waals surface area contributed by atoms with E-state index in [0.29, 0.717) is 0 Å². The maximum atomic E-state index is 13.7. The zero-order valence-corrected chi connectivity index (χ0v) is 18.6. The number of Topliss-reactive ketones (excluding diaryl/α,β-unsaturated/α-hetero) is 1. The van der Waals surface area contributed by atoms with E-state index in [1.54, 1.807) is 0 Å². The number of hydrogen-bond donors (Lipinski definition) is 0. The first-order chi connectivity index (χ1) is 15.1. The third-order valence-corrected chi connectivity index (χ3v) is 6.92. The topological polar surface area (TPSA) is 57.7 Å². The van der Waals surface area contributed by atoms with Crippen molar-refractivity contribution < 1.29 is 18.8 Å². The lowest BCUT2D eigenvalue weighted by molar-refractivity contribution is -0.135. The van der Waals surface area contributed by atoms with E-state index in [-0.39, 0.29) is 16.5 Å². The van der Waals surface area contributed by atoms with Gasteiger partial charge in [0.2, 0.25) is 11.8 Å². The Morgan fingerprint density at radius 1 is 1.03 bits per heavy atom. The normalized spacial score (nSPS) is 26.3. The maximum Gasteiger partial charge on any atom is 0.240 e. The Kier molecular flexibility index (Phi) is 4.57. The fraction of sp³-hybridized carbons (Fsp3) is 0.320. The van der Waals surface area contributed by atoms with E-state index in [2.05, 4.69) is 0 Å². The van der Waals surface area contributed by atoms with Crippen LogP contribution in [0, 0.1) is 23.1 Å². The van der Waals surface area contributed by atoms with Gasteiger partial charge >= 0.3 is 0 Å². The Balaban J connectivity index is 1.67. The van der Waals surface area contributed by atoms with Gasteiger partial charge in [-0.05, 0) is 35.4 Å². The molecule has 2 aromatic carbocycles. The van der Waals surface area contributed by atoms with Crippen LogP contribution in [0.3, 0.4) is 0 Å². The van der Waals surface area contributed by atoms with Crippen molar-refractivity contribution in [1.29, 1.82) is 0 Å².